The highest BCUT2D eigenvalue weighted by Gasteiger charge is 2.20. The molecule has 3 rings (SSSR count). The number of nitrogens with zero attached hydrogens (tertiary/aromatic N) is 4. The van der Waals surface area contributed by atoms with Crippen LogP contribution in [-0.4, -0.2) is 46.2 Å². The summed E-state index contributed by atoms with van der Waals surface area (Å²) in [5.41, 5.74) is 8.68. The van der Waals surface area contributed by atoms with E-state index in [-0.39, 0.29) is 0 Å². The van der Waals surface area contributed by atoms with Crippen molar-refractivity contribution < 1.29 is 0 Å². The average Bonchev–Trinajstić information content (AvgIpc) is 2.80. The number of piperidine rings is 1. The minimum atomic E-state index is 0.545. The smallest absolute Gasteiger partial charge is 0.153 e. The van der Waals surface area contributed by atoms with Gasteiger partial charge in [0.15, 0.2) is 5.65 Å². The fourth-order valence-corrected chi connectivity index (χ4v) is 2.84. The summed E-state index contributed by atoms with van der Waals surface area (Å²) >= 11 is 0. The lowest BCUT2D eigenvalue weighted by atomic mass is 9.95. The number of imidazole rings is 1. The summed E-state index contributed by atoms with van der Waals surface area (Å²) in [6, 6.07) is 4.19. The first-order valence-corrected chi connectivity index (χ1v) is 7.00. The molecule has 1 fully saturated rings. The summed E-state index contributed by atoms with van der Waals surface area (Å²) in [7, 11) is 2.18. The summed E-state index contributed by atoms with van der Waals surface area (Å²) in [5, 5.41) is 4.72. The van der Waals surface area contributed by atoms with Gasteiger partial charge >= 0.3 is 0 Å². The van der Waals surface area contributed by atoms with Crippen molar-refractivity contribution in [3.8, 4) is 0 Å². The number of fused-ring (bicyclic) bond motifs is 1. The lowest BCUT2D eigenvalue weighted by Crippen LogP contribution is -2.31. The molecule has 1 unspecified atom stereocenters. The molecule has 5 heteroatoms. The summed E-state index contributed by atoms with van der Waals surface area (Å²) in [5.74, 6) is 0.545. The van der Waals surface area contributed by atoms with Crippen molar-refractivity contribution in [2.24, 2.45) is 5.73 Å². The zero-order valence-electron chi connectivity index (χ0n) is 11.4. The maximum atomic E-state index is 5.57. The van der Waals surface area contributed by atoms with Crippen molar-refractivity contribution in [1.29, 1.82) is 0 Å². The van der Waals surface area contributed by atoms with Crippen molar-refractivity contribution in [1.82, 2.24) is 19.5 Å². The molecule has 0 bridgehead atoms. The summed E-state index contributed by atoms with van der Waals surface area (Å²) in [4.78, 5) is 6.90. The fourth-order valence-electron chi connectivity index (χ4n) is 2.84. The summed E-state index contributed by atoms with van der Waals surface area (Å²) in [6.07, 6.45) is 5.29. The molecule has 3 heterocycles. The van der Waals surface area contributed by atoms with Crippen LogP contribution in [0.15, 0.2) is 18.3 Å². The normalized spacial score (nSPS) is 21.1. The van der Waals surface area contributed by atoms with Crippen LogP contribution in [0.3, 0.4) is 0 Å². The highest BCUT2D eigenvalue weighted by atomic mass is 15.3. The van der Waals surface area contributed by atoms with Gasteiger partial charge in [-0.2, -0.15) is 5.10 Å². The van der Waals surface area contributed by atoms with Crippen molar-refractivity contribution in [3.63, 3.8) is 0 Å². The first-order valence-electron chi connectivity index (χ1n) is 7.00. The van der Waals surface area contributed by atoms with E-state index in [0.717, 1.165) is 24.3 Å². The van der Waals surface area contributed by atoms with Crippen molar-refractivity contribution in [3.05, 3.63) is 29.7 Å². The molecule has 0 aliphatic carbocycles. The minimum absolute atomic E-state index is 0.545. The van der Waals surface area contributed by atoms with Crippen molar-refractivity contribution in [2.45, 2.75) is 25.2 Å². The third-order valence-corrected chi connectivity index (χ3v) is 3.83. The maximum Gasteiger partial charge on any atom is 0.153 e. The highest BCUT2D eigenvalue weighted by Crippen LogP contribution is 2.24. The number of likely N-dealkylation sites (tertiary alicyclic amines) is 1. The molecule has 2 aromatic heterocycles. The Morgan fingerprint density at radius 2 is 2.32 bits per heavy atom. The molecule has 1 aliphatic rings. The van der Waals surface area contributed by atoms with Gasteiger partial charge in [-0.1, -0.05) is 0 Å². The van der Waals surface area contributed by atoms with E-state index < -0.39 is 0 Å². The molecular weight excluding hydrogens is 238 g/mol. The van der Waals surface area contributed by atoms with Crippen LogP contribution in [0, 0.1) is 0 Å². The standard InChI is InChI=1S/C14H21N5/c1-18-8-2-3-11(9-18)13-4-5-14-16-12(6-7-15)10-19(14)17-13/h4-5,10-11H,2-3,6-9,15H2,1H3. The van der Waals surface area contributed by atoms with E-state index in [2.05, 4.69) is 29.1 Å². The van der Waals surface area contributed by atoms with Crippen LogP contribution >= 0.6 is 0 Å². The molecule has 0 radical (unpaired) electrons. The lowest BCUT2D eigenvalue weighted by Gasteiger charge is -2.29. The quantitative estimate of drug-likeness (QED) is 0.894. The van der Waals surface area contributed by atoms with E-state index >= 15 is 0 Å². The van der Waals surface area contributed by atoms with Crippen LogP contribution in [-0.2, 0) is 6.42 Å². The molecule has 2 aromatic rings. The van der Waals surface area contributed by atoms with Crippen LogP contribution in [0.2, 0.25) is 0 Å². The Kier molecular flexibility index (Phi) is 3.48. The molecule has 2 N–H and O–H groups in total. The van der Waals surface area contributed by atoms with Gasteiger partial charge in [0, 0.05) is 18.9 Å². The third kappa shape index (κ3) is 2.62. The number of rotatable bonds is 3. The van der Waals surface area contributed by atoms with E-state index in [1.807, 2.05) is 10.7 Å². The fraction of sp³-hybridized carbons (Fsp3) is 0.571. The van der Waals surface area contributed by atoms with Gasteiger partial charge in [-0.3, -0.25) is 0 Å². The second-order valence-corrected chi connectivity index (χ2v) is 5.43. The topological polar surface area (TPSA) is 59.5 Å². The predicted molar refractivity (Wildman–Crippen MR) is 75.2 cm³/mol. The number of aromatic nitrogens is 3. The molecule has 0 aromatic carbocycles. The van der Waals surface area contributed by atoms with Crippen molar-refractivity contribution >= 4 is 5.65 Å². The van der Waals surface area contributed by atoms with E-state index in [9.17, 15) is 0 Å². The predicted octanol–water partition coefficient (Wildman–Crippen LogP) is 1.04. The summed E-state index contributed by atoms with van der Waals surface area (Å²) < 4.78 is 1.90. The highest BCUT2D eigenvalue weighted by molar-refractivity contribution is 5.39. The summed E-state index contributed by atoms with van der Waals surface area (Å²) in [6.45, 7) is 2.93. The monoisotopic (exact) mass is 259 g/mol. The van der Waals surface area contributed by atoms with Gasteiger partial charge in [0.2, 0.25) is 0 Å². The zero-order valence-corrected chi connectivity index (χ0v) is 11.4. The SMILES string of the molecule is CN1CCCC(c2ccc3nc(CCN)cn3n2)C1. The molecular formula is C14H21N5. The van der Waals surface area contributed by atoms with Gasteiger partial charge in [-0.25, -0.2) is 9.50 Å². The first kappa shape index (κ1) is 12.6. The second-order valence-electron chi connectivity index (χ2n) is 5.43. The third-order valence-electron chi connectivity index (χ3n) is 3.83. The number of likely N-dealkylation sites (N-methyl/N-ethyl adjacent to an activating group) is 1. The maximum absolute atomic E-state index is 5.57. The van der Waals surface area contributed by atoms with E-state index in [1.54, 1.807) is 0 Å². The molecule has 1 saturated heterocycles. The Bertz CT molecular complexity index is 562. The molecule has 1 aliphatic heterocycles. The Hall–Kier alpha value is -1.46. The Morgan fingerprint density at radius 3 is 3.11 bits per heavy atom. The van der Waals surface area contributed by atoms with Gasteiger partial charge in [-0.05, 0) is 45.1 Å². The van der Waals surface area contributed by atoms with Gasteiger partial charge in [0.1, 0.15) is 0 Å². The Balaban J connectivity index is 1.87. The molecule has 19 heavy (non-hydrogen) atoms. The zero-order chi connectivity index (χ0) is 13.2. The Morgan fingerprint density at radius 1 is 1.42 bits per heavy atom. The number of nitrogens with two attached hydrogens (primary N) is 1. The van der Waals surface area contributed by atoms with Crippen molar-refractivity contribution in [2.75, 3.05) is 26.7 Å². The molecule has 0 spiro atoms. The van der Waals surface area contributed by atoms with Crippen LogP contribution in [0.25, 0.3) is 5.65 Å². The molecule has 1 atom stereocenters. The van der Waals surface area contributed by atoms with Crippen LogP contribution < -0.4 is 5.73 Å². The van der Waals surface area contributed by atoms with Gasteiger partial charge in [-0.15, -0.1) is 0 Å². The Labute approximate surface area is 113 Å². The molecule has 0 saturated carbocycles. The van der Waals surface area contributed by atoms with Crippen LogP contribution in [0.4, 0.5) is 0 Å². The minimum Gasteiger partial charge on any atom is -0.330 e. The van der Waals surface area contributed by atoms with E-state index in [4.69, 9.17) is 10.8 Å². The van der Waals surface area contributed by atoms with Gasteiger partial charge in [0.25, 0.3) is 0 Å². The first-order chi connectivity index (χ1) is 9.26. The average molecular weight is 259 g/mol. The van der Waals surface area contributed by atoms with Crippen LogP contribution in [0.5, 0.6) is 0 Å². The van der Waals surface area contributed by atoms with Crippen LogP contribution in [0.1, 0.15) is 30.1 Å². The molecule has 102 valence electrons. The largest absolute Gasteiger partial charge is 0.330 e. The van der Waals surface area contributed by atoms with E-state index in [1.165, 1.54) is 25.1 Å². The van der Waals surface area contributed by atoms with E-state index in [0.29, 0.717) is 12.5 Å². The number of hydrogen-bond acceptors (Lipinski definition) is 4. The van der Waals surface area contributed by atoms with Gasteiger partial charge < -0.3 is 10.6 Å². The van der Waals surface area contributed by atoms with Gasteiger partial charge in [0.05, 0.1) is 17.6 Å². The molecule has 0 amide bonds. The lowest BCUT2D eigenvalue weighted by molar-refractivity contribution is 0.247. The second kappa shape index (κ2) is 5.27. The molecule has 5 nitrogen and oxygen atoms in total. The number of hydrogen-bond donors (Lipinski definition) is 1.